The van der Waals surface area contributed by atoms with E-state index >= 15 is 0 Å². The number of nitrogens with zero attached hydrogens (tertiary/aromatic N) is 4. The van der Waals surface area contributed by atoms with Gasteiger partial charge in [0, 0.05) is 55.2 Å². The molecule has 0 unspecified atom stereocenters. The molecule has 190 valence electrons. The van der Waals surface area contributed by atoms with Gasteiger partial charge in [-0.25, -0.2) is 4.98 Å². The highest BCUT2D eigenvalue weighted by atomic mass is 35.5. The van der Waals surface area contributed by atoms with Crippen molar-refractivity contribution in [2.75, 3.05) is 31.2 Å². The lowest BCUT2D eigenvalue weighted by atomic mass is 9.98. The van der Waals surface area contributed by atoms with Gasteiger partial charge < -0.3 is 24.3 Å². The molecular formula is C27H32ClN5O3. The van der Waals surface area contributed by atoms with Crippen LogP contribution >= 0.6 is 11.6 Å². The number of rotatable bonds is 5. The topological polar surface area (TPSA) is 83.6 Å². The second kappa shape index (κ2) is 9.56. The van der Waals surface area contributed by atoms with E-state index in [1.54, 1.807) is 0 Å². The summed E-state index contributed by atoms with van der Waals surface area (Å²) in [5, 5.41) is 0.565. The van der Waals surface area contributed by atoms with Crippen LogP contribution in [0.25, 0.3) is 22.4 Å². The molecule has 0 saturated carbocycles. The van der Waals surface area contributed by atoms with E-state index < -0.39 is 0 Å². The molecule has 1 aromatic carbocycles. The number of nitrogens with one attached hydrogen (secondary N) is 1. The first kappa shape index (κ1) is 23.6. The normalized spacial score (nSPS) is 24.1. The Morgan fingerprint density at radius 2 is 1.81 bits per heavy atom. The van der Waals surface area contributed by atoms with E-state index in [0.29, 0.717) is 22.4 Å². The van der Waals surface area contributed by atoms with Crippen LogP contribution in [0.4, 0.5) is 5.69 Å². The number of carbonyl (C=O) groups is 1. The minimum atomic E-state index is 0.0292. The number of fused-ring (bicyclic) bond motifs is 3. The third-order valence-corrected chi connectivity index (χ3v) is 7.93. The summed E-state index contributed by atoms with van der Waals surface area (Å²) in [6, 6.07) is 11.2. The Morgan fingerprint density at radius 1 is 1.11 bits per heavy atom. The molecule has 9 heteroatoms. The molecule has 3 saturated heterocycles. The van der Waals surface area contributed by atoms with Crippen molar-refractivity contribution < 1.29 is 14.3 Å². The van der Waals surface area contributed by atoms with Gasteiger partial charge in [0.1, 0.15) is 6.10 Å². The number of carbonyl (C=O) groups excluding carboxylic acids is 1. The van der Waals surface area contributed by atoms with Gasteiger partial charge in [-0.15, -0.1) is 0 Å². The largest absolute Gasteiger partial charge is 0.461 e. The van der Waals surface area contributed by atoms with Crippen LogP contribution in [0.15, 0.2) is 30.3 Å². The number of aromatic amines is 1. The Kier molecular flexibility index (Phi) is 6.25. The van der Waals surface area contributed by atoms with Crippen molar-refractivity contribution in [3.8, 4) is 17.3 Å². The average Bonchev–Trinajstić information content (AvgIpc) is 3.39. The monoisotopic (exact) mass is 509 g/mol. The Hall–Kier alpha value is -2.84. The lowest BCUT2D eigenvalue weighted by molar-refractivity contribution is -0.140. The fraction of sp³-hybridized carbons (Fsp3) is 0.519. The van der Waals surface area contributed by atoms with Crippen LogP contribution in [0.5, 0.6) is 6.01 Å². The zero-order chi connectivity index (χ0) is 24.8. The summed E-state index contributed by atoms with van der Waals surface area (Å²) in [7, 11) is 0. The number of hydrogen-bond donors (Lipinski definition) is 1. The predicted molar refractivity (Wildman–Crippen MR) is 140 cm³/mol. The molecule has 36 heavy (non-hydrogen) atoms. The van der Waals surface area contributed by atoms with Crippen molar-refractivity contribution in [1.29, 1.82) is 0 Å². The molecule has 2 aromatic heterocycles. The number of ether oxygens (including phenoxy) is 2. The summed E-state index contributed by atoms with van der Waals surface area (Å²) in [4.78, 5) is 29.7. The maximum absolute atomic E-state index is 12.7. The van der Waals surface area contributed by atoms with E-state index in [1.165, 1.54) is 5.69 Å². The first-order chi connectivity index (χ1) is 17.5. The number of H-pyrrole nitrogens is 1. The van der Waals surface area contributed by atoms with Crippen LogP contribution in [-0.2, 0) is 9.53 Å². The number of imidazole rings is 1. The molecule has 0 spiro atoms. The van der Waals surface area contributed by atoms with Crippen molar-refractivity contribution in [3.05, 3.63) is 35.4 Å². The lowest BCUT2D eigenvalue weighted by Crippen LogP contribution is -2.50. The number of pyridine rings is 1. The maximum Gasteiger partial charge on any atom is 0.296 e. The third kappa shape index (κ3) is 4.41. The number of anilines is 1. The second-order valence-corrected chi connectivity index (χ2v) is 10.8. The molecule has 1 N–H and O–H groups in total. The highest BCUT2D eigenvalue weighted by molar-refractivity contribution is 6.33. The summed E-state index contributed by atoms with van der Waals surface area (Å²) in [5.74, 6) is 0.288. The SMILES string of the molecule is CC(C)C(=O)N1[C@@H]2CC[C@H]1C[C@@H](Oc1nc3nc(-c4ccc(N5CCOCC5)cc4)c(Cl)cc3[nH]1)C2. The van der Waals surface area contributed by atoms with Gasteiger partial charge in [0.25, 0.3) is 6.01 Å². The zero-order valence-corrected chi connectivity index (χ0v) is 21.5. The van der Waals surface area contributed by atoms with Gasteiger partial charge in [-0.05, 0) is 31.0 Å². The fourth-order valence-corrected chi connectivity index (χ4v) is 6.11. The quantitative estimate of drug-likeness (QED) is 0.538. The molecule has 0 aliphatic carbocycles. The highest BCUT2D eigenvalue weighted by Gasteiger charge is 2.44. The molecule has 5 heterocycles. The number of aromatic nitrogens is 3. The molecule has 3 aliphatic rings. The summed E-state index contributed by atoms with van der Waals surface area (Å²) < 4.78 is 11.7. The van der Waals surface area contributed by atoms with Crippen LogP contribution in [0.1, 0.15) is 39.5 Å². The van der Waals surface area contributed by atoms with Gasteiger partial charge in [-0.2, -0.15) is 4.98 Å². The van der Waals surface area contributed by atoms with E-state index in [1.807, 2.05) is 19.9 Å². The Labute approximate surface area is 215 Å². The molecule has 3 fully saturated rings. The maximum atomic E-state index is 12.7. The lowest BCUT2D eigenvalue weighted by Gasteiger charge is -2.39. The number of halogens is 1. The number of piperidine rings is 1. The summed E-state index contributed by atoms with van der Waals surface area (Å²) >= 11 is 6.63. The predicted octanol–water partition coefficient (Wildman–Crippen LogP) is 4.67. The summed E-state index contributed by atoms with van der Waals surface area (Å²) in [5.41, 5.74) is 4.15. The molecule has 8 nitrogen and oxygen atoms in total. The number of hydrogen-bond acceptors (Lipinski definition) is 6. The summed E-state index contributed by atoms with van der Waals surface area (Å²) in [6.07, 6.45) is 3.80. The fourth-order valence-electron chi connectivity index (χ4n) is 5.84. The van der Waals surface area contributed by atoms with E-state index in [-0.39, 0.29) is 30.0 Å². The molecular weight excluding hydrogens is 478 g/mol. The Balaban J connectivity index is 1.18. The molecule has 2 bridgehead atoms. The van der Waals surface area contributed by atoms with Crippen molar-refractivity contribution in [2.45, 2.75) is 57.7 Å². The average molecular weight is 510 g/mol. The molecule has 6 rings (SSSR count). The second-order valence-electron chi connectivity index (χ2n) is 10.4. The number of amides is 1. The zero-order valence-electron chi connectivity index (χ0n) is 20.7. The van der Waals surface area contributed by atoms with Gasteiger partial charge in [0.15, 0.2) is 5.65 Å². The van der Waals surface area contributed by atoms with Crippen LogP contribution in [0.2, 0.25) is 5.02 Å². The van der Waals surface area contributed by atoms with Crippen LogP contribution in [0, 0.1) is 5.92 Å². The molecule has 3 atom stereocenters. The third-order valence-electron chi connectivity index (χ3n) is 7.64. The van der Waals surface area contributed by atoms with Crippen LogP contribution in [-0.4, -0.2) is 70.2 Å². The first-order valence-corrected chi connectivity index (χ1v) is 13.3. The molecule has 1 amide bonds. The van der Waals surface area contributed by atoms with Crippen molar-refractivity contribution in [3.63, 3.8) is 0 Å². The van der Waals surface area contributed by atoms with Gasteiger partial charge >= 0.3 is 0 Å². The van der Waals surface area contributed by atoms with Gasteiger partial charge in [-0.1, -0.05) is 37.6 Å². The standard InChI is InChI=1S/C27H32ClN5O3/c1-16(2)26(34)33-19-7-8-20(33)14-21(13-19)36-27-29-23-15-22(28)24(30-25(23)31-27)17-3-5-18(6-4-17)32-9-11-35-12-10-32/h3-6,15-16,19-21H,7-14H2,1-2H3,(H,29,30,31)/t19-,20+,21+. The van der Waals surface area contributed by atoms with Crippen LogP contribution < -0.4 is 9.64 Å². The minimum absolute atomic E-state index is 0.0292. The first-order valence-electron chi connectivity index (χ1n) is 12.9. The molecule has 0 radical (unpaired) electrons. The number of morpholine rings is 1. The smallest absolute Gasteiger partial charge is 0.296 e. The number of benzene rings is 1. The van der Waals surface area contributed by atoms with Crippen LogP contribution in [0.3, 0.4) is 0 Å². The van der Waals surface area contributed by atoms with Crippen molar-refractivity contribution >= 4 is 34.4 Å². The molecule has 3 aromatic rings. The van der Waals surface area contributed by atoms with E-state index in [4.69, 9.17) is 26.1 Å². The van der Waals surface area contributed by atoms with Crippen molar-refractivity contribution in [1.82, 2.24) is 19.9 Å². The van der Waals surface area contributed by atoms with Gasteiger partial charge in [0.2, 0.25) is 5.91 Å². The Bertz CT molecular complexity index is 1240. The Morgan fingerprint density at radius 3 is 2.47 bits per heavy atom. The van der Waals surface area contributed by atoms with E-state index in [0.717, 1.165) is 63.1 Å². The van der Waals surface area contributed by atoms with E-state index in [2.05, 4.69) is 44.0 Å². The van der Waals surface area contributed by atoms with Crippen molar-refractivity contribution in [2.24, 2.45) is 5.92 Å². The summed E-state index contributed by atoms with van der Waals surface area (Å²) in [6.45, 7) is 7.26. The van der Waals surface area contributed by atoms with Gasteiger partial charge in [0.05, 0.1) is 29.4 Å². The van der Waals surface area contributed by atoms with Gasteiger partial charge in [-0.3, -0.25) is 4.79 Å². The van der Waals surface area contributed by atoms with E-state index in [9.17, 15) is 4.79 Å². The highest BCUT2D eigenvalue weighted by Crippen LogP contribution is 2.38. The minimum Gasteiger partial charge on any atom is -0.461 e. The molecule has 3 aliphatic heterocycles.